The van der Waals surface area contributed by atoms with Crippen LogP contribution in [0.2, 0.25) is 0 Å². The van der Waals surface area contributed by atoms with Crippen molar-refractivity contribution < 1.29 is 4.74 Å². The predicted molar refractivity (Wildman–Crippen MR) is 68.1 cm³/mol. The number of ether oxygens (including phenoxy) is 1. The molecule has 0 aliphatic carbocycles. The van der Waals surface area contributed by atoms with Gasteiger partial charge in [0.2, 0.25) is 0 Å². The van der Waals surface area contributed by atoms with Crippen LogP contribution in [-0.4, -0.2) is 5.60 Å². The first-order valence-electron chi connectivity index (χ1n) is 6.41. The van der Waals surface area contributed by atoms with Gasteiger partial charge in [0.15, 0.2) is 0 Å². The van der Waals surface area contributed by atoms with Gasteiger partial charge >= 0.3 is 0 Å². The van der Waals surface area contributed by atoms with Crippen LogP contribution in [0, 0.1) is 6.92 Å². The molecule has 0 fully saturated rings. The fourth-order valence-electron chi connectivity index (χ4n) is 2.68. The molecule has 0 bridgehead atoms. The second-order valence-electron chi connectivity index (χ2n) is 5.27. The van der Waals surface area contributed by atoms with Crippen LogP contribution in [0.25, 0.3) is 0 Å². The summed E-state index contributed by atoms with van der Waals surface area (Å²) in [6.45, 7) is 6.64. The molecule has 1 aliphatic rings. The van der Waals surface area contributed by atoms with Crippen molar-refractivity contribution in [1.29, 1.82) is 0 Å². The van der Waals surface area contributed by atoms with Gasteiger partial charge < -0.3 is 4.74 Å². The highest BCUT2D eigenvalue weighted by Crippen LogP contribution is 2.34. The van der Waals surface area contributed by atoms with Gasteiger partial charge in [-0.05, 0) is 51.2 Å². The fourth-order valence-corrected chi connectivity index (χ4v) is 2.68. The normalized spacial score (nSPS) is 24.4. The molecular weight excluding hydrogens is 196 g/mol. The number of aryl methyl sites for hydroxylation is 2. The third-order valence-electron chi connectivity index (χ3n) is 3.50. The lowest BCUT2D eigenvalue weighted by Gasteiger charge is -2.29. The maximum absolute atomic E-state index is 6.24. The van der Waals surface area contributed by atoms with Gasteiger partial charge in [0.25, 0.3) is 0 Å². The van der Waals surface area contributed by atoms with Gasteiger partial charge in [-0.1, -0.05) is 31.0 Å². The van der Waals surface area contributed by atoms with Crippen molar-refractivity contribution >= 4 is 0 Å². The summed E-state index contributed by atoms with van der Waals surface area (Å²) >= 11 is 0. The summed E-state index contributed by atoms with van der Waals surface area (Å²) in [6, 6.07) is 6.56. The molecule has 0 saturated heterocycles. The van der Waals surface area contributed by atoms with Crippen LogP contribution in [0.15, 0.2) is 18.2 Å². The molecule has 1 unspecified atom stereocenters. The Morgan fingerprint density at radius 1 is 1.38 bits per heavy atom. The quantitative estimate of drug-likeness (QED) is 0.720. The summed E-state index contributed by atoms with van der Waals surface area (Å²) in [5, 5.41) is 0. The van der Waals surface area contributed by atoms with Crippen molar-refractivity contribution in [2.24, 2.45) is 0 Å². The smallest absolute Gasteiger partial charge is 0.123 e. The number of fused-ring (bicyclic) bond motifs is 1. The van der Waals surface area contributed by atoms with Crippen LogP contribution in [-0.2, 0) is 6.42 Å². The average molecular weight is 218 g/mol. The minimum atomic E-state index is 0.0509. The van der Waals surface area contributed by atoms with E-state index in [9.17, 15) is 0 Å². The lowest BCUT2D eigenvalue weighted by Crippen LogP contribution is -2.31. The van der Waals surface area contributed by atoms with Crippen molar-refractivity contribution in [2.75, 3.05) is 0 Å². The number of hydrogen-bond acceptors (Lipinski definition) is 1. The van der Waals surface area contributed by atoms with E-state index in [1.807, 2.05) is 0 Å². The third-order valence-corrected chi connectivity index (χ3v) is 3.50. The summed E-state index contributed by atoms with van der Waals surface area (Å²) in [6.07, 6.45) is 5.93. The number of rotatable bonds is 2. The zero-order valence-electron chi connectivity index (χ0n) is 10.7. The Balaban J connectivity index is 2.27. The van der Waals surface area contributed by atoms with Gasteiger partial charge in [-0.2, -0.15) is 0 Å². The SMILES string of the molecule is CCCC1(C)CCCc2cc(C)ccc2O1. The van der Waals surface area contributed by atoms with Crippen LogP contribution in [0.5, 0.6) is 5.75 Å². The van der Waals surface area contributed by atoms with Gasteiger partial charge in [-0.25, -0.2) is 0 Å². The Kier molecular flexibility index (Phi) is 3.22. The van der Waals surface area contributed by atoms with Crippen molar-refractivity contribution in [1.82, 2.24) is 0 Å². The van der Waals surface area contributed by atoms with Crippen molar-refractivity contribution in [3.05, 3.63) is 29.3 Å². The maximum atomic E-state index is 6.24. The van der Waals surface area contributed by atoms with Gasteiger partial charge in [-0.3, -0.25) is 0 Å². The van der Waals surface area contributed by atoms with E-state index in [-0.39, 0.29) is 5.60 Å². The first-order valence-corrected chi connectivity index (χ1v) is 6.41. The Hall–Kier alpha value is -0.980. The fraction of sp³-hybridized carbons (Fsp3) is 0.600. The minimum Gasteiger partial charge on any atom is -0.487 e. The van der Waals surface area contributed by atoms with Crippen molar-refractivity contribution in [2.45, 2.75) is 58.5 Å². The van der Waals surface area contributed by atoms with Gasteiger partial charge in [0.1, 0.15) is 11.4 Å². The molecule has 1 heteroatoms. The zero-order valence-corrected chi connectivity index (χ0v) is 10.7. The van der Waals surface area contributed by atoms with E-state index < -0.39 is 0 Å². The van der Waals surface area contributed by atoms with Gasteiger partial charge in [-0.15, -0.1) is 0 Å². The van der Waals surface area contributed by atoms with E-state index in [4.69, 9.17) is 4.74 Å². The lowest BCUT2D eigenvalue weighted by atomic mass is 9.94. The molecule has 1 aliphatic heterocycles. The molecule has 0 amide bonds. The molecular formula is C15H22O. The largest absolute Gasteiger partial charge is 0.487 e. The van der Waals surface area contributed by atoms with Crippen molar-refractivity contribution in [3.63, 3.8) is 0 Å². The molecule has 2 rings (SSSR count). The van der Waals surface area contributed by atoms with E-state index in [1.165, 1.54) is 30.4 Å². The van der Waals surface area contributed by atoms with Crippen LogP contribution in [0.3, 0.4) is 0 Å². The highest BCUT2D eigenvalue weighted by atomic mass is 16.5. The minimum absolute atomic E-state index is 0.0509. The van der Waals surface area contributed by atoms with Crippen LogP contribution in [0.1, 0.15) is 50.7 Å². The van der Waals surface area contributed by atoms with E-state index in [0.29, 0.717) is 0 Å². The topological polar surface area (TPSA) is 9.23 Å². The van der Waals surface area contributed by atoms with Crippen LogP contribution < -0.4 is 4.74 Å². The van der Waals surface area contributed by atoms with Crippen LogP contribution >= 0.6 is 0 Å². The third kappa shape index (κ3) is 2.40. The molecule has 1 aromatic rings. The molecule has 1 heterocycles. The number of benzene rings is 1. The monoisotopic (exact) mass is 218 g/mol. The molecule has 0 aromatic heterocycles. The van der Waals surface area contributed by atoms with Crippen LogP contribution in [0.4, 0.5) is 0 Å². The standard InChI is InChI=1S/C15H22O/c1-4-9-15(3)10-5-6-13-11-12(2)7-8-14(13)16-15/h7-8,11H,4-6,9-10H2,1-3H3. The van der Waals surface area contributed by atoms with E-state index in [1.54, 1.807) is 0 Å². The zero-order chi connectivity index (χ0) is 11.6. The number of hydrogen-bond donors (Lipinski definition) is 0. The summed E-state index contributed by atoms with van der Waals surface area (Å²) in [4.78, 5) is 0. The highest BCUT2D eigenvalue weighted by Gasteiger charge is 2.28. The van der Waals surface area contributed by atoms with E-state index in [2.05, 4.69) is 39.0 Å². The molecule has 0 saturated carbocycles. The Labute approximate surface area is 98.8 Å². The summed E-state index contributed by atoms with van der Waals surface area (Å²) in [5.41, 5.74) is 2.77. The molecule has 0 spiro atoms. The molecule has 16 heavy (non-hydrogen) atoms. The molecule has 1 nitrogen and oxygen atoms in total. The Morgan fingerprint density at radius 3 is 2.94 bits per heavy atom. The predicted octanol–water partition coefficient (Wildman–Crippen LogP) is 4.27. The first kappa shape index (κ1) is 11.5. The summed E-state index contributed by atoms with van der Waals surface area (Å²) in [5.74, 6) is 1.11. The first-order chi connectivity index (χ1) is 7.63. The molecule has 1 atom stereocenters. The highest BCUT2D eigenvalue weighted by molar-refractivity contribution is 5.38. The second-order valence-corrected chi connectivity index (χ2v) is 5.27. The second kappa shape index (κ2) is 4.48. The van der Waals surface area contributed by atoms with Crippen molar-refractivity contribution in [3.8, 4) is 5.75 Å². The van der Waals surface area contributed by atoms with Gasteiger partial charge in [0.05, 0.1) is 0 Å². The average Bonchev–Trinajstić information content (AvgIpc) is 2.37. The Morgan fingerprint density at radius 2 is 2.19 bits per heavy atom. The van der Waals surface area contributed by atoms with E-state index in [0.717, 1.165) is 18.6 Å². The molecule has 1 aromatic carbocycles. The molecule has 0 N–H and O–H groups in total. The molecule has 88 valence electrons. The maximum Gasteiger partial charge on any atom is 0.123 e. The summed E-state index contributed by atoms with van der Waals surface area (Å²) in [7, 11) is 0. The summed E-state index contributed by atoms with van der Waals surface area (Å²) < 4.78 is 6.24. The van der Waals surface area contributed by atoms with E-state index >= 15 is 0 Å². The Bertz CT molecular complexity index is 370. The molecule has 0 radical (unpaired) electrons. The lowest BCUT2D eigenvalue weighted by molar-refractivity contribution is 0.0723. The van der Waals surface area contributed by atoms with Gasteiger partial charge in [0, 0.05) is 0 Å².